The van der Waals surface area contributed by atoms with E-state index < -0.39 is 0 Å². The van der Waals surface area contributed by atoms with Gasteiger partial charge in [0.1, 0.15) is 12.0 Å². The molecule has 6 nitrogen and oxygen atoms in total. The third-order valence-electron chi connectivity index (χ3n) is 1.60. The molecule has 0 fully saturated rings. The molecule has 0 aliphatic rings. The minimum Gasteiger partial charge on any atom is -0.487 e. The Morgan fingerprint density at radius 3 is 3.07 bits per heavy atom. The number of nitrogens with zero attached hydrogens (tertiary/aromatic N) is 3. The maximum atomic E-state index is 11.4. The molecular weight excluding hydrogens is 198 g/mol. The number of ether oxygens (including phenoxy) is 1. The largest absolute Gasteiger partial charge is 0.487 e. The maximum absolute atomic E-state index is 11.4. The lowest BCUT2D eigenvalue weighted by molar-refractivity contribution is 0.300. The van der Waals surface area contributed by atoms with E-state index in [1.54, 1.807) is 0 Å². The molecule has 80 valence electrons. The highest BCUT2D eigenvalue weighted by Gasteiger charge is 2.03. The summed E-state index contributed by atoms with van der Waals surface area (Å²) in [4.78, 5) is 14.0. The summed E-state index contributed by atoms with van der Waals surface area (Å²) in [5, 5.41) is 3.28. The molecule has 0 amide bonds. The van der Waals surface area contributed by atoms with Gasteiger partial charge in [-0.3, -0.25) is 4.79 Å². The number of azide groups is 1. The van der Waals surface area contributed by atoms with E-state index >= 15 is 0 Å². The highest BCUT2D eigenvalue weighted by atomic mass is 16.5. The zero-order valence-electron chi connectivity index (χ0n) is 8.34. The van der Waals surface area contributed by atoms with Gasteiger partial charge in [0.25, 0.3) is 0 Å². The zero-order valence-corrected chi connectivity index (χ0v) is 8.34. The number of rotatable bonds is 5. The first-order valence-electron chi connectivity index (χ1n) is 4.53. The summed E-state index contributed by atoms with van der Waals surface area (Å²) in [5.41, 5.74) is 7.82. The van der Waals surface area contributed by atoms with Gasteiger partial charge in [0.05, 0.1) is 13.2 Å². The third-order valence-corrected chi connectivity index (χ3v) is 1.60. The Morgan fingerprint density at radius 1 is 1.67 bits per heavy atom. The van der Waals surface area contributed by atoms with Crippen LogP contribution in [0.3, 0.4) is 0 Å². The molecule has 0 atom stereocenters. The molecule has 0 aliphatic carbocycles. The predicted octanol–water partition coefficient (Wildman–Crippen LogP) is 2.24. The average Bonchev–Trinajstić information content (AvgIpc) is 2.25. The molecule has 0 aromatic carbocycles. The normalized spacial score (nSPS) is 9.40. The van der Waals surface area contributed by atoms with Crippen molar-refractivity contribution in [2.75, 3.05) is 6.61 Å². The van der Waals surface area contributed by atoms with Crippen molar-refractivity contribution in [3.63, 3.8) is 0 Å². The molecular formula is C9H11N3O3. The summed E-state index contributed by atoms with van der Waals surface area (Å²) in [6, 6.07) is 1.26. The zero-order chi connectivity index (χ0) is 11.1. The standard InChI is InChI=1S/C9H11N3O3/c1-2-3-14-9-6-15-7(4-8(9)13)5-11-12-10/h4,6H,2-3,5H2,1H3. The van der Waals surface area contributed by atoms with Gasteiger partial charge in [-0.1, -0.05) is 12.0 Å². The van der Waals surface area contributed by atoms with Crippen molar-refractivity contribution in [3.05, 3.63) is 38.8 Å². The van der Waals surface area contributed by atoms with E-state index in [1.807, 2.05) is 6.92 Å². The fourth-order valence-corrected chi connectivity index (χ4v) is 0.940. The van der Waals surface area contributed by atoms with Crippen LogP contribution in [0.2, 0.25) is 0 Å². The molecule has 0 saturated carbocycles. The summed E-state index contributed by atoms with van der Waals surface area (Å²) in [5.74, 6) is 0.503. The second-order valence-corrected chi connectivity index (χ2v) is 2.81. The lowest BCUT2D eigenvalue weighted by atomic mass is 10.3. The highest BCUT2D eigenvalue weighted by Crippen LogP contribution is 2.07. The Kier molecular flexibility index (Phi) is 4.25. The minimum atomic E-state index is -0.266. The SMILES string of the molecule is CCCOc1coc(CN=[N+]=[N-])cc1=O. The average molecular weight is 209 g/mol. The molecule has 0 N–H and O–H groups in total. The second-order valence-electron chi connectivity index (χ2n) is 2.81. The molecule has 0 unspecified atom stereocenters. The first-order chi connectivity index (χ1) is 7.27. The lowest BCUT2D eigenvalue weighted by Crippen LogP contribution is -2.08. The Morgan fingerprint density at radius 2 is 2.47 bits per heavy atom. The molecule has 0 bridgehead atoms. The van der Waals surface area contributed by atoms with Crippen LogP contribution in [0.1, 0.15) is 19.1 Å². The maximum Gasteiger partial charge on any atom is 0.226 e. The van der Waals surface area contributed by atoms with Gasteiger partial charge < -0.3 is 9.15 Å². The molecule has 15 heavy (non-hydrogen) atoms. The van der Waals surface area contributed by atoms with Crippen LogP contribution in [0.25, 0.3) is 10.4 Å². The van der Waals surface area contributed by atoms with Crippen LogP contribution < -0.4 is 10.2 Å². The van der Waals surface area contributed by atoms with Gasteiger partial charge in [-0.15, -0.1) is 0 Å². The molecule has 0 spiro atoms. The quantitative estimate of drug-likeness (QED) is 0.423. The van der Waals surface area contributed by atoms with E-state index in [1.165, 1.54) is 12.3 Å². The molecule has 0 radical (unpaired) electrons. The van der Waals surface area contributed by atoms with Crippen LogP contribution in [0.15, 0.2) is 26.7 Å². The summed E-state index contributed by atoms with van der Waals surface area (Å²) >= 11 is 0. The van der Waals surface area contributed by atoms with Crippen LogP contribution >= 0.6 is 0 Å². The second kappa shape index (κ2) is 5.72. The smallest absolute Gasteiger partial charge is 0.226 e. The Hall–Kier alpha value is -1.94. The van der Waals surface area contributed by atoms with Crippen LogP contribution in [-0.2, 0) is 6.54 Å². The number of hydrogen-bond acceptors (Lipinski definition) is 4. The van der Waals surface area contributed by atoms with E-state index in [0.29, 0.717) is 12.4 Å². The first-order valence-corrected chi connectivity index (χ1v) is 4.53. The summed E-state index contributed by atoms with van der Waals surface area (Å²) in [6.45, 7) is 2.44. The van der Waals surface area contributed by atoms with Crippen molar-refractivity contribution in [1.29, 1.82) is 0 Å². The van der Waals surface area contributed by atoms with Crippen molar-refractivity contribution in [3.8, 4) is 5.75 Å². The monoisotopic (exact) mass is 209 g/mol. The van der Waals surface area contributed by atoms with Gasteiger partial charge in [0.2, 0.25) is 11.2 Å². The Bertz CT molecular complexity index is 421. The van der Waals surface area contributed by atoms with E-state index in [-0.39, 0.29) is 17.7 Å². The van der Waals surface area contributed by atoms with Gasteiger partial charge in [-0.05, 0) is 12.0 Å². The Labute approximate surface area is 86.1 Å². The van der Waals surface area contributed by atoms with Gasteiger partial charge >= 0.3 is 0 Å². The molecule has 0 saturated heterocycles. The summed E-state index contributed by atoms with van der Waals surface area (Å²) in [7, 11) is 0. The van der Waals surface area contributed by atoms with E-state index in [4.69, 9.17) is 14.7 Å². The predicted molar refractivity (Wildman–Crippen MR) is 53.6 cm³/mol. The number of hydrogen-bond donors (Lipinski definition) is 0. The fourth-order valence-electron chi connectivity index (χ4n) is 0.940. The van der Waals surface area contributed by atoms with Gasteiger partial charge in [-0.2, -0.15) is 0 Å². The van der Waals surface area contributed by atoms with Crippen LogP contribution in [0, 0.1) is 0 Å². The molecule has 0 aliphatic heterocycles. The highest BCUT2D eigenvalue weighted by molar-refractivity contribution is 5.17. The Balaban J connectivity index is 2.78. The summed E-state index contributed by atoms with van der Waals surface area (Å²) < 4.78 is 10.2. The molecule has 1 aromatic heterocycles. The van der Waals surface area contributed by atoms with Gasteiger partial charge in [0, 0.05) is 11.0 Å². The molecule has 1 heterocycles. The third kappa shape index (κ3) is 3.36. The van der Waals surface area contributed by atoms with Crippen LogP contribution in [0.4, 0.5) is 0 Å². The van der Waals surface area contributed by atoms with E-state index in [0.717, 1.165) is 6.42 Å². The molecule has 1 rings (SSSR count). The van der Waals surface area contributed by atoms with Crippen LogP contribution in [0.5, 0.6) is 5.75 Å². The van der Waals surface area contributed by atoms with E-state index in [9.17, 15) is 4.79 Å². The first kappa shape index (κ1) is 11.1. The van der Waals surface area contributed by atoms with E-state index in [2.05, 4.69) is 10.0 Å². The topological polar surface area (TPSA) is 88.2 Å². The van der Waals surface area contributed by atoms with Crippen molar-refractivity contribution in [2.45, 2.75) is 19.9 Å². The van der Waals surface area contributed by atoms with Crippen molar-refractivity contribution >= 4 is 0 Å². The fraction of sp³-hybridized carbons (Fsp3) is 0.444. The van der Waals surface area contributed by atoms with Gasteiger partial charge in [-0.25, -0.2) is 0 Å². The van der Waals surface area contributed by atoms with Crippen molar-refractivity contribution < 1.29 is 9.15 Å². The van der Waals surface area contributed by atoms with Gasteiger partial charge in [0.15, 0.2) is 0 Å². The van der Waals surface area contributed by atoms with Crippen LogP contribution in [-0.4, -0.2) is 6.61 Å². The lowest BCUT2D eigenvalue weighted by Gasteiger charge is -2.02. The van der Waals surface area contributed by atoms with Crippen molar-refractivity contribution in [2.24, 2.45) is 5.11 Å². The van der Waals surface area contributed by atoms with Crippen molar-refractivity contribution in [1.82, 2.24) is 0 Å². The molecule has 6 heteroatoms. The molecule has 1 aromatic rings. The summed E-state index contributed by atoms with van der Waals surface area (Å²) in [6.07, 6.45) is 2.06. The minimum absolute atomic E-state index is 0.0276.